The van der Waals surface area contributed by atoms with E-state index in [1.165, 1.54) is 5.69 Å². The first kappa shape index (κ1) is 12.5. The Morgan fingerprint density at radius 3 is 2.59 bits per heavy atom. The molecule has 0 aliphatic rings. The molecular weight excluding hydrogens is 255 g/mol. The molecule has 2 N–H and O–H groups in total. The Hall–Kier alpha value is -0.960. The normalized spacial score (nSPS) is 10.8. The maximum atomic E-state index is 6.17. The summed E-state index contributed by atoms with van der Waals surface area (Å²) in [5.74, 6) is 0. The van der Waals surface area contributed by atoms with Crippen LogP contribution in [0.1, 0.15) is 16.8 Å². The van der Waals surface area contributed by atoms with Crippen LogP contribution in [0.25, 0.3) is 0 Å². The maximum Gasteiger partial charge on any atom is 0.0642 e. The van der Waals surface area contributed by atoms with Gasteiger partial charge >= 0.3 is 0 Å². The smallest absolute Gasteiger partial charge is 0.0642 e. The van der Waals surface area contributed by atoms with Gasteiger partial charge in [-0.1, -0.05) is 35.3 Å². The fraction of sp³-hybridized carbons (Fsp3) is 0.231. The molecule has 1 aromatic heterocycles. The first-order valence-electron chi connectivity index (χ1n) is 5.41. The number of halogens is 2. The molecule has 2 aromatic rings. The molecule has 1 aromatic carbocycles. The summed E-state index contributed by atoms with van der Waals surface area (Å²) in [4.78, 5) is 0. The van der Waals surface area contributed by atoms with Gasteiger partial charge in [0.05, 0.1) is 10.0 Å². The minimum absolute atomic E-state index is 0.558. The lowest BCUT2D eigenvalue weighted by Gasteiger charge is -2.09. The first-order chi connectivity index (χ1) is 8.13. The Balaban J connectivity index is 2.31. The van der Waals surface area contributed by atoms with Crippen molar-refractivity contribution in [2.75, 3.05) is 0 Å². The van der Waals surface area contributed by atoms with Crippen LogP contribution in [-0.4, -0.2) is 4.57 Å². The zero-order valence-electron chi connectivity index (χ0n) is 9.58. The number of hydrogen-bond donors (Lipinski definition) is 1. The van der Waals surface area contributed by atoms with Crippen LogP contribution >= 0.6 is 23.2 Å². The summed E-state index contributed by atoms with van der Waals surface area (Å²) in [6, 6.07) is 7.72. The summed E-state index contributed by atoms with van der Waals surface area (Å²) in [7, 11) is 0. The molecule has 0 saturated heterocycles. The third kappa shape index (κ3) is 2.49. The monoisotopic (exact) mass is 268 g/mol. The quantitative estimate of drug-likeness (QED) is 0.906. The highest BCUT2D eigenvalue weighted by molar-refractivity contribution is 6.42. The Bertz CT molecular complexity index is 532. The van der Waals surface area contributed by atoms with Crippen LogP contribution in [0.3, 0.4) is 0 Å². The second-order valence-electron chi connectivity index (χ2n) is 3.97. The number of rotatable bonds is 3. The number of benzene rings is 1. The van der Waals surface area contributed by atoms with Gasteiger partial charge in [-0.05, 0) is 30.2 Å². The second-order valence-corrected chi connectivity index (χ2v) is 4.76. The SMILES string of the molecule is Cc1c(CN)ccn1Cc1cccc(Cl)c1Cl. The molecule has 4 heteroatoms. The molecule has 2 rings (SSSR count). The summed E-state index contributed by atoms with van der Waals surface area (Å²) in [6.45, 7) is 3.33. The molecule has 0 saturated carbocycles. The van der Waals surface area contributed by atoms with E-state index in [1.54, 1.807) is 6.07 Å². The predicted octanol–water partition coefficient (Wildman–Crippen LogP) is 3.61. The highest BCUT2D eigenvalue weighted by atomic mass is 35.5. The molecule has 0 fully saturated rings. The average molecular weight is 269 g/mol. The fourth-order valence-electron chi connectivity index (χ4n) is 1.84. The van der Waals surface area contributed by atoms with Crippen molar-refractivity contribution >= 4 is 23.2 Å². The van der Waals surface area contributed by atoms with Gasteiger partial charge in [-0.3, -0.25) is 0 Å². The summed E-state index contributed by atoms with van der Waals surface area (Å²) in [5, 5.41) is 1.21. The van der Waals surface area contributed by atoms with Crippen molar-refractivity contribution in [3.05, 3.63) is 57.3 Å². The lowest BCUT2D eigenvalue weighted by molar-refractivity contribution is 0.769. The van der Waals surface area contributed by atoms with E-state index >= 15 is 0 Å². The van der Waals surface area contributed by atoms with Gasteiger partial charge in [-0.25, -0.2) is 0 Å². The lowest BCUT2D eigenvalue weighted by atomic mass is 10.2. The van der Waals surface area contributed by atoms with Gasteiger partial charge in [0.1, 0.15) is 0 Å². The van der Waals surface area contributed by atoms with Crippen LogP contribution in [0.5, 0.6) is 0 Å². The van der Waals surface area contributed by atoms with Gasteiger partial charge in [0.2, 0.25) is 0 Å². The van der Waals surface area contributed by atoms with E-state index in [2.05, 4.69) is 11.5 Å². The Morgan fingerprint density at radius 2 is 1.94 bits per heavy atom. The van der Waals surface area contributed by atoms with Crippen molar-refractivity contribution in [3.63, 3.8) is 0 Å². The first-order valence-corrected chi connectivity index (χ1v) is 6.16. The summed E-state index contributed by atoms with van der Waals surface area (Å²) >= 11 is 12.2. The third-order valence-corrected chi connectivity index (χ3v) is 3.80. The number of nitrogens with zero attached hydrogens (tertiary/aromatic N) is 1. The van der Waals surface area contributed by atoms with Crippen LogP contribution in [0, 0.1) is 6.92 Å². The van der Waals surface area contributed by atoms with Crippen LogP contribution < -0.4 is 5.73 Å². The van der Waals surface area contributed by atoms with Crippen molar-refractivity contribution in [2.24, 2.45) is 5.73 Å². The van der Waals surface area contributed by atoms with Gasteiger partial charge < -0.3 is 10.3 Å². The molecule has 0 aliphatic carbocycles. The lowest BCUT2D eigenvalue weighted by Crippen LogP contribution is -2.04. The average Bonchev–Trinajstić information content (AvgIpc) is 2.66. The molecule has 0 aliphatic heterocycles. The zero-order chi connectivity index (χ0) is 12.4. The van der Waals surface area contributed by atoms with Crippen LogP contribution in [0.2, 0.25) is 10.0 Å². The summed E-state index contributed by atoms with van der Waals surface area (Å²) < 4.78 is 2.12. The third-order valence-electron chi connectivity index (χ3n) is 2.94. The van der Waals surface area contributed by atoms with Gasteiger partial charge in [0.15, 0.2) is 0 Å². The second kappa shape index (κ2) is 5.13. The van der Waals surface area contributed by atoms with E-state index in [9.17, 15) is 0 Å². The molecule has 90 valence electrons. The largest absolute Gasteiger partial charge is 0.347 e. The molecule has 0 unspecified atom stereocenters. The van der Waals surface area contributed by atoms with E-state index in [1.807, 2.05) is 24.4 Å². The molecule has 0 amide bonds. The number of aromatic nitrogens is 1. The Kier molecular flexibility index (Phi) is 3.77. The molecule has 17 heavy (non-hydrogen) atoms. The predicted molar refractivity (Wildman–Crippen MR) is 72.6 cm³/mol. The van der Waals surface area contributed by atoms with E-state index in [0.29, 0.717) is 23.1 Å². The molecule has 2 nitrogen and oxygen atoms in total. The number of hydrogen-bond acceptors (Lipinski definition) is 1. The molecule has 0 radical (unpaired) electrons. The zero-order valence-corrected chi connectivity index (χ0v) is 11.1. The highest BCUT2D eigenvalue weighted by Crippen LogP contribution is 2.26. The van der Waals surface area contributed by atoms with Crippen LogP contribution in [0.4, 0.5) is 0 Å². The number of nitrogens with two attached hydrogens (primary N) is 1. The van der Waals surface area contributed by atoms with Crippen LogP contribution in [-0.2, 0) is 13.1 Å². The van der Waals surface area contributed by atoms with Crippen molar-refractivity contribution < 1.29 is 0 Å². The van der Waals surface area contributed by atoms with Gasteiger partial charge in [-0.2, -0.15) is 0 Å². The van der Waals surface area contributed by atoms with E-state index in [4.69, 9.17) is 28.9 Å². The molecular formula is C13H14Cl2N2. The van der Waals surface area contributed by atoms with Crippen molar-refractivity contribution in [1.82, 2.24) is 4.57 Å². The maximum absolute atomic E-state index is 6.17. The molecule has 0 bridgehead atoms. The standard InChI is InChI=1S/C13H14Cl2N2/c1-9-10(7-16)5-6-17(9)8-11-3-2-4-12(14)13(11)15/h2-6H,7-8,16H2,1H3. The highest BCUT2D eigenvalue weighted by Gasteiger charge is 2.07. The topological polar surface area (TPSA) is 30.9 Å². The minimum atomic E-state index is 0.558. The molecule has 1 heterocycles. The van der Waals surface area contributed by atoms with E-state index in [0.717, 1.165) is 11.1 Å². The van der Waals surface area contributed by atoms with Crippen molar-refractivity contribution in [3.8, 4) is 0 Å². The summed E-state index contributed by atoms with van der Waals surface area (Å²) in [5.41, 5.74) is 8.99. The Morgan fingerprint density at radius 1 is 1.18 bits per heavy atom. The van der Waals surface area contributed by atoms with Gasteiger partial charge in [-0.15, -0.1) is 0 Å². The van der Waals surface area contributed by atoms with E-state index in [-0.39, 0.29) is 0 Å². The van der Waals surface area contributed by atoms with E-state index < -0.39 is 0 Å². The fourth-order valence-corrected chi connectivity index (χ4v) is 2.22. The summed E-state index contributed by atoms with van der Waals surface area (Å²) in [6.07, 6.45) is 2.02. The van der Waals surface area contributed by atoms with Gasteiger partial charge in [0, 0.05) is 25.0 Å². The molecule has 0 spiro atoms. The van der Waals surface area contributed by atoms with Gasteiger partial charge in [0.25, 0.3) is 0 Å². The Labute approximate surface area is 111 Å². The van der Waals surface area contributed by atoms with Crippen LogP contribution in [0.15, 0.2) is 30.5 Å². The van der Waals surface area contributed by atoms with Crippen molar-refractivity contribution in [2.45, 2.75) is 20.0 Å². The molecule has 0 atom stereocenters. The minimum Gasteiger partial charge on any atom is -0.347 e. The van der Waals surface area contributed by atoms with Crippen molar-refractivity contribution in [1.29, 1.82) is 0 Å².